The molecule has 0 saturated carbocycles. The minimum absolute atomic E-state index is 0.204. The van der Waals surface area contributed by atoms with Gasteiger partial charge in [0.15, 0.2) is 0 Å². The molecule has 1 amide bonds. The summed E-state index contributed by atoms with van der Waals surface area (Å²) in [4.78, 5) is 18.4. The largest absolute Gasteiger partial charge is 0.340 e. The number of carbonyl (C=O) groups excluding carboxylic acids is 1. The second kappa shape index (κ2) is 5.96. The van der Waals surface area contributed by atoms with Crippen LogP contribution >= 0.6 is 0 Å². The predicted octanol–water partition coefficient (Wildman–Crippen LogP) is 1.18. The van der Waals surface area contributed by atoms with Gasteiger partial charge in [-0.1, -0.05) is 19.9 Å². The molecule has 4 nitrogen and oxygen atoms in total. The summed E-state index contributed by atoms with van der Waals surface area (Å²) in [6, 6.07) is 4.04. The molecule has 4 heteroatoms. The Kier molecular flexibility index (Phi) is 4.31. The lowest BCUT2D eigenvalue weighted by Gasteiger charge is -2.27. The van der Waals surface area contributed by atoms with E-state index in [-0.39, 0.29) is 5.91 Å². The molecular formula is C14H21N3O. The number of aromatic nitrogens is 1. The minimum Gasteiger partial charge on any atom is -0.340 e. The van der Waals surface area contributed by atoms with Crippen molar-refractivity contribution in [3.8, 4) is 0 Å². The van der Waals surface area contributed by atoms with Crippen molar-refractivity contribution in [1.29, 1.82) is 0 Å². The number of rotatable bonds is 3. The van der Waals surface area contributed by atoms with Crippen LogP contribution < -0.4 is 5.32 Å². The average Bonchev–Trinajstić information content (AvgIpc) is 2.40. The number of hydrogen-bond donors (Lipinski definition) is 1. The van der Waals surface area contributed by atoms with Gasteiger partial charge in [-0.3, -0.25) is 9.78 Å². The highest BCUT2D eigenvalue weighted by Crippen LogP contribution is 2.12. The summed E-state index contributed by atoms with van der Waals surface area (Å²) in [6.07, 6.45) is 2.29. The molecule has 1 aromatic rings. The van der Waals surface area contributed by atoms with Crippen LogP contribution in [0, 0.1) is 0 Å². The smallest absolute Gasteiger partial charge is 0.227 e. The van der Waals surface area contributed by atoms with Crippen molar-refractivity contribution in [1.82, 2.24) is 15.2 Å². The molecule has 0 aliphatic carbocycles. The SMILES string of the molecule is CC(C)c1ccc(CC(=O)N2CCNCC2)cn1. The second-order valence-corrected chi connectivity index (χ2v) is 5.05. The zero-order valence-electron chi connectivity index (χ0n) is 11.1. The zero-order chi connectivity index (χ0) is 13.0. The molecule has 1 aliphatic rings. The Morgan fingerprint density at radius 3 is 2.67 bits per heavy atom. The normalized spacial score (nSPS) is 16.1. The number of nitrogens with zero attached hydrogens (tertiary/aromatic N) is 2. The third-order valence-corrected chi connectivity index (χ3v) is 3.26. The molecule has 0 aromatic carbocycles. The van der Waals surface area contributed by atoms with Crippen LogP contribution in [0.4, 0.5) is 0 Å². The van der Waals surface area contributed by atoms with Gasteiger partial charge in [-0.25, -0.2) is 0 Å². The standard InChI is InChI=1S/C14H21N3O/c1-11(2)13-4-3-12(10-16-13)9-14(18)17-7-5-15-6-8-17/h3-4,10-11,15H,5-9H2,1-2H3. The van der Waals surface area contributed by atoms with Crippen LogP contribution in [0.5, 0.6) is 0 Å². The van der Waals surface area contributed by atoms with Crippen molar-refractivity contribution in [3.05, 3.63) is 29.6 Å². The highest BCUT2D eigenvalue weighted by Gasteiger charge is 2.16. The van der Waals surface area contributed by atoms with Crippen molar-refractivity contribution in [2.75, 3.05) is 26.2 Å². The average molecular weight is 247 g/mol. The third kappa shape index (κ3) is 3.29. The van der Waals surface area contributed by atoms with Gasteiger partial charge in [0, 0.05) is 38.1 Å². The highest BCUT2D eigenvalue weighted by molar-refractivity contribution is 5.78. The van der Waals surface area contributed by atoms with E-state index in [2.05, 4.69) is 24.1 Å². The van der Waals surface area contributed by atoms with Crippen LogP contribution in [0.3, 0.4) is 0 Å². The van der Waals surface area contributed by atoms with Crippen LogP contribution in [0.1, 0.15) is 31.0 Å². The van der Waals surface area contributed by atoms with Crippen molar-refractivity contribution < 1.29 is 4.79 Å². The fraction of sp³-hybridized carbons (Fsp3) is 0.571. The molecule has 2 rings (SSSR count). The quantitative estimate of drug-likeness (QED) is 0.872. The van der Waals surface area contributed by atoms with Gasteiger partial charge >= 0.3 is 0 Å². The van der Waals surface area contributed by atoms with E-state index in [0.717, 1.165) is 37.4 Å². The molecule has 1 aliphatic heterocycles. The van der Waals surface area contributed by atoms with E-state index in [1.54, 1.807) is 0 Å². The van der Waals surface area contributed by atoms with Crippen LogP contribution in [-0.2, 0) is 11.2 Å². The molecule has 0 spiro atoms. The van der Waals surface area contributed by atoms with Crippen LogP contribution in [0.2, 0.25) is 0 Å². The first-order valence-electron chi connectivity index (χ1n) is 6.60. The number of carbonyl (C=O) groups is 1. The Bertz CT molecular complexity index is 394. The lowest BCUT2D eigenvalue weighted by molar-refractivity contribution is -0.131. The van der Waals surface area contributed by atoms with E-state index in [0.29, 0.717) is 12.3 Å². The molecular weight excluding hydrogens is 226 g/mol. The molecule has 1 N–H and O–H groups in total. The van der Waals surface area contributed by atoms with Gasteiger partial charge in [0.25, 0.3) is 0 Å². The van der Waals surface area contributed by atoms with E-state index in [4.69, 9.17) is 0 Å². The molecule has 0 unspecified atom stereocenters. The monoisotopic (exact) mass is 247 g/mol. The first kappa shape index (κ1) is 13.0. The van der Waals surface area contributed by atoms with Crippen molar-refractivity contribution in [3.63, 3.8) is 0 Å². The Balaban J connectivity index is 1.94. The molecule has 1 fully saturated rings. The molecule has 1 aromatic heterocycles. The van der Waals surface area contributed by atoms with Gasteiger partial charge in [-0.2, -0.15) is 0 Å². The Morgan fingerprint density at radius 1 is 1.39 bits per heavy atom. The summed E-state index contributed by atoms with van der Waals surface area (Å²) in [5.41, 5.74) is 2.08. The van der Waals surface area contributed by atoms with E-state index in [9.17, 15) is 4.79 Å². The molecule has 98 valence electrons. The molecule has 2 heterocycles. The minimum atomic E-state index is 0.204. The summed E-state index contributed by atoms with van der Waals surface area (Å²) in [5.74, 6) is 0.638. The maximum atomic E-state index is 12.1. The van der Waals surface area contributed by atoms with Gasteiger partial charge in [0.2, 0.25) is 5.91 Å². The first-order chi connectivity index (χ1) is 8.66. The molecule has 0 atom stereocenters. The predicted molar refractivity (Wildman–Crippen MR) is 71.5 cm³/mol. The number of hydrogen-bond acceptors (Lipinski definition) is 3. The van der Waals surface area contributed by atoms with Gasteiger partial charge in [-0.05, 0) is 17.5 Å². The van der Waals surface area contributed by atoms with Crippen LogP contribution in [0.15, 0.2) is 18.3 Å². The van der Waals surface area contributed by atoms with Crippen LogP contribution in [0.25, 0.3) is 0 Å². The summed E-state index contributed by atoms with van der Waals surface area (Å²) in [5, 5.41) is 3.25. The molecule has 18 heavy (non-hydrogen) atoms. The van der Waals surface area contributed by atoms with E-state index in [1.165, 1.54) is 0 Å². The number of nitrogens with one attached hydrogen (secondary N) is 1. The highest BCUT2D eigenvalue weighted by atomic mass is 16.2. The Labute approximate surface area is 108 Å². The van der Waals surface area contributed by atoms with Crippen molar-refractivity contribution in [2.24, 2.45) is 0 Å². The first-order valence-corrected chi connectivity index (χ1v) is 6.60. The third-order valence-electron chi connectivity index (χ3n) is 3.26. The molecule has 0 radical (unpaired) electrons. The van der Waals surface area contributed by atoms with E-state index < -0.39 is 0 Å². The van der Waals surface area contributed by atoms with Gasteiger partial charge in [0.05, 0.1) is 6.42 Å². The molecule has 1 saturated heterocycles. The fourth-order valence-electron chi connectivity index (χ4n) is 2.08. The van der Waals surface area contributed by atoms with E-state index in [1.807, 2.05) is 23.2 Å². The Morgan fingerprint density at radius 2 is 2.11 bits per heavy atom. The van der Waals surface area contributed by atoms with Crippen LogP contribution in [-0.4, -0.2) is 42.0 Å². The van der Waals surface area contributed by atoms with Gasteiger partial charge < -0.3 is 10.2 Å². The van der Waals surface area contributed by atoms with Gasteiger partial charge in [-0.15, -0.1) is 0 Å². The summed E-state index contributed by atoms with van der Waals surface area (Å²) in [7, 11) is 0. The fourth-order valence-corrected chi connectivity index (χ4v) is 2.08. The molecule has 0 bridgehead atoms. The lowest BCUT2D eigenvalue weighted by Crippen LogP contribution is -2.46. The summed E-state index contributed by atoms with van der Waals surface area (Å²) >= 11 is 0. The van der Waals surface area contributed by atoms with Gasteiger partial charge in [0.1, 0.15) is 0 Å². The summed E-state index contributed by atoms with van der Waals surface area (Å²) in [6.45, 7) is 7.67. The zero-order valence-corrected chi connectivity index (χ0v) is 11.1. The second-order valence-electron chi connectivity index (χ2n) is 5.05. The maximum absolute atomic E-state index is 12.1. The van der Waals surface area contributed by atoms with Crippen molar-refractivity contribution in [2.45, 2.75) is 26.2 Å². The number of amides is 1. The number of piperazine rings is 1. The Hall–Kier alpha value is -1.42. The number of pyridine rings is 1. The summed E-state index contributed by atoms with van der Waals surface area (Å²) < 4.78 is 0. The topological polar surface area (TPSA) is 45.2 Å². The maximum Gasteiger partial charge on any atom is 0.227 e. The van der Waals surface area contributed by atoms with Crippen molar-refractivity contribution >= 4 is 5.91 Å². The lowest BCUT2D eigenvalue weighted by atomic mass is 10.1. The van der Waals surface area contributed by atoms with E-state index >= 15 is 0 Å².